The molecule has 0 spiro atoms. The normalized spacial score (nSPS) is 17.6. The molecule has 0 radical (unpaired) electrons. The number of hydrogen-bond donors (Lipinski definition) is 1. The summed E-state index contributed by atoms with van der Waals surface area (Å²) < 4.78 is 1.85. The van der Waals surface area contributed by atoms with E-state index in [9.17, 15) is 9.59 Å². The highest BCUT2D eigenvalue weighted by Gasteiger charge is 2.30. The standard InChI is InChI=1S/C23H27N5O2S/c1-14-12-15(2)26-28-20(14)19(17-8-5-4-6-9-17)25-23(28)31-16(3)22(30)27-11-7-10-18(13-27)21(24)29/h4-6,8-9,12,16,18H,7,10-11,13H2,1-3H3,(H2,24,29). The van der Waals surface area contributed by atoms with Gasteiger partial charge in [0.15, 0.2) is 5.16 Å². The molecule has 2 N–H and O–H groups in total. The first-order valence-electron chi connectivity index (χ1n) is 10.5. The predicted octanol–water partition coefficient (Wildman–Crippen LogP) is 3.22. The SMILES string of the molecule is Cc1cc(C)c2c(-c3ccccc3)nc(SC(C)C(=O)N3CCCC(C(N)=O)C3)n2n1. The molecule has 7 nitrogen and oxygen atoms in total. The number of amides is 2. The summed E-state index contributed by atoms with van der Waals surface area (Å²) in [7, 11) is 0. The first-order valence-corrected chi connectivity index (χ1v) is 11.4. The van der Waals surface area contributed by atoms with Crippen LogP contribution >= 0.6 is 11.8 Å². The van der Waals surface area contributed by atoms with Gasteiger partial charge in [0.1, 0.15) is 0 Å². The molecule has 3 aromatic rings. The third kappa shape index (κ3) is 4.30. The van der Waals surface area contributed by atoms with Crippen LogP contribution < -0.4 is 5.73 Å². The molecule has 1 aliphatic rings. The van der Waals surface area contributed by atoms with Gasteiger partial charge in [-0.2, -0.15) is 5.10 Å². The number of nitrogens with two attached hydrogens (primary N) is 1. The lowest BCUT2D eigenvalue weighted by Crippen LogP contribution is -2.46. The predicted molar refractivity (Wildman–Crippen MR) is 122 cm³/mol. The second kappa shape index (κ2) is 8.70. The maximum Gasteiger partial charge on any atom is 0.235 e. The molecular formula is C23H27N5O2S. The summed E-state index contributed by atoms with van der Waals surface area (Å²) in [6.07, 6.45) is 1.54. The monoisotopic (exact) mass is 437 g/mol. The Morgan fingerprint density at radius 2 is 1.97 bits per heavy atom. The Morgan fingerprint density at radius 3 is 2.68 bits per heavy atom. The van der Waals surface area contributed by atoms with Gasteiger partial charge >= 0.3 is 0 Å². The quantitative estimate of drug-likeness (QED) is 0.619. The van der Waals surface area contributed by atoms with Crippen LogP contribution in [0.25, 0.3) is 16.8 Å². The van der Waals surface area contributed by atoms with Gasteiger partial charge in [-0.05, 0) is 45.2 Å². The molecule has 0 saturated carbocycles. The van der Waals surface area contributed by atoms with Crippen LogP contribution in [0.2, 0.25) is 0 Å². The molecule has 2 amide bonds. The van der Waals surface area contributed by atoms with Crippen molar-refractivity contribution in [2.24, 2.45) is 11.7 Å². The summed E-state index contributed by atoms with van der Waals surface area (Å²) >= 11 is 1.40. The number of likely N-dealkylation sites (tertiary alicyclic amines) is 1. The van der Waals surface area contributed by atoms with Crippen molar-refractivity contribution in [1.29, 1.82) is 0 Å². The number of aryl methyl sites for hydroxylation is 2. The molecule has 31 heavy (non-hydrogen) atoms. The van der Waals surface area contributed by atoms with E-state index >= 15 is 0 Å². The number of hydrogen-bond acceptors (Lipinski definition) is 5. The fraction of sp³-hybridized carbons (Fsp3) is 0.391. The Kier molecular flexibility index (Phi) is 6.00. The highest BCUT2D eigenvalue weighted by molar-refractivity contribution is 8.00. The van der Waals surface area contributed by atoms with Crippen molar-refractivity contribution < 1.29 is 9.59 Å². The average Bonchev–Trinajstić information content (AvgIpc) is 3.12. The molecule has 1 fully saturated rings. The molecule has 0 aliphatic carbocycles. The minimum Gasteiger partial charge on any atom is -0.369 e. The zero-order valence-corrected chi connectivity index (χ0v) is 18.9. The smallest absolute Gasteiger partial charge is 0.235 e. The third-order valence-corrected chi connectivity index (χ3v) is 6.72. The van der Waals surface area contributed by atoms with Gasteiger partial charge < -0.3 is 10.6 Å². The van der Waals surface area contributed by atoms with E-state index in [1.807, 2.05) is 54.8 Å². The largest absolute Gasteiger partial charge is 0.369 e. The molecule has 2 unspecified atom stereocenters. The van der Waals surface area contributed by atoms with E-state index in [1.54, 1.807) is 4.90 Å². The first-order chi connectivity index (χ1) is 14.8. The van der Waals surface area contributed by atoms with E-state index in [2.05, 4.69) is 6.92 Å². The lowest BCUT2D eigenvalue weighted by atomic mass is 9.97. The van der Waals surface area contributed by atoms with Crippen LogP contribution in [0.5, 0.6) is 0 Å². The van der Waals surface area contributed by atoms with Crippen molar-refractivity contribution in [1.82, 2.24) is 19.5 Å². The van der Waals surface area contributed by atoms with Crippen LogP contribution in [-0.2, 0) is 9.59 Å². The third-order valence-electron chi connectivity index (χ3n) is 5.69. The van der Waals surface area contributed by atoms with E-state index in [-0.39, 0.29) is 23.0 Å². The van der Waals surface area contributed by atoms with Gasteiger partial charge in [0.2, 0.25) is 11.8 Å². The van der Waals surface area contributed by atoms with Crippen LogP contribution in [0.4, 0.5) is 0 Å². The summed E-state index contributed by atoms with van der Waals surface area (Å²) in [5, 5.41) is 5.02. The number of rotatable bonds is 5. The van der Waals surface area contributed by atoms with Gasteiger partial charge in [-0.1, -0.05) is 42.1 Å². The summed E-state index contributed by atoms with van der Waals surface area (Å²) in [5.41, 5.74) is 10.3. The summed E-state index contributed by atoms with van der Waals surface area (Å²) in [6, 6.07) is 12.1. The van der Waals surface area contributed by atoms with E-state index < -0.39 is 0 Å². The zero-order chi connectivity index (χ0) is 22.1. The Balaban J connectivity index is 1.65. The van der Waals surface area contributed by atoms with Crippen molar-refractivity contribution >= 4 is 29.1 Å². The Morgan fingerprint density at radius 1 is 1.23 bits per heavy atom. The average molecular weight is 438 g/mol. The van der Waals surface area contributed by atoms with E-state index in [0.717, 1.165) is 40.9 Å². The Bertz CT molecular complexity index is 1130. The summed E-state index contributed by atoms with van der Waals surface area (Å²) in [4.78, 5) is 31.4. The van der Waals surface area contributed by atoms with Gasteiger partial charge in [0, 0.05) is 18.7 Å². The van der Waals surface area contributed by atoms with E-state index in [4.69, 9.17) is 15.8 Å². The number of fused-ring (bicyclic) bond motifs is 1. The van der Waals surface area contributed by atoms with Gasteiger partial charge in [0.05, 0.1) is 28.1 Å². The minimum absolute atomic E-state index is 0.00154. The summed E-state index contributed by atoms with van der Waals surface area (Å²) in [5.74, 6) is -0.600. The number of imidazole rings is 1. The molecule has 8 heteroatoms. The molecule has 0 bridgehead atoms. The van der Waals surface area contributed by atoms with E-state index in [1.165, 1.54) is 11.8 Å². The molecule has 3 heterocycles. The number of carbonyl (C=O) groups is 2. The van der Waals surface area contributed by atoms with Crippen LogP contribution in [-0.4, -0.2) is 49.7 Å². The lowest BCUT2D eigenvalue weighted by molar-refractivity contribution is -0.134. The zero-order valence-electron chi connectivity index (χ0n) is 18.0. The second-order valence-electron chi connectivity index (χ2n) is 8.12. The Hall–Kier alpha value is -2.87. The number of primary amides is 1. The fourth-order valence-corrected chi connectivity index (χ4v) is 5.10. The van der Waals surface area contributed by atoms with Gasteiger partial charge in [0.25, 0.3) is 0 Å². The van der Waals surface area contributed by atoms with Crippen LogP contribution in [0, 0.1) is 19.8 Å². The first kappa shape index (κ1) is 21.4. The molecule has 162 valence electrons. The Labute approximate surface area is 186 Å². The van der Waals surface area contributed by atoms with Crippen LogP contribution in [0.1, 0.15) is 31.0 Å². The maximum absolute atomic E-state index is 13.1. The lowest BCUT2D eigenvalue weighted by Gasteiger charge is -2.32. The molecule has 4 rings (SSSR count). The molecule has 1 saturated heterocycles. The second-order valence-corrected chi connectivity index (χ2v) is 9.43. The van der Waals surface area contributed by atoms with Crippen molar-refractivity contribution in [3.63, 3.8) is 0 Å². The number of nitrogens with zero attached hydrogens (tertiary/aromatic N) is 4. The fourth-order valence-electron chi connectivity index (χ4n) is 4.16. The van der Waals surface area contributed by atoms with Crippen molar-refractivity contribution in [2.45, 2.75) is 44.0 Å². The number of carbonyl (C=O) groups excluding carboxylic acids is 2. The van der Waals surface area contributed by atoms with Crippen molar-refractivity contribution in [3.8, 4) is 11.3 Å². The van der Waals surface area contributed by atoms with Gasteiger partial charge in [-0.3, -0.25) is 9.59 Å². The van der Waals surface area contributed by atoms with Crippen molar-refractivity contribution in [3.05, 3.63) is 47.7 Å². The topological polar surface area (TPSA) is 93.6 Å². The molecule has 2 aromatic heterocycles. The number of benzene rings is 1. The summed E-state index contributed by atoms with van der Waals surface area (Å²) in [6.45, 7) is 6.94. The van der Waals surface area contributed by atoms with Gasteiger partial charge in [-0.25, -0.2) is 9.50 Å². The highest BCUT2D eigenvalue weighted by atomic mass is 32.2. The van der Waals surface area contributed by atoms with Crippen LogP contribution in [0.15, 0.2) is 41.6 Å². The van der Waals surface area contributed by atoms with Gasteiger partial charge in [-0.15, -0.1) is 0 Å². The molecule has 2 atom stereocenters. The van der Waals surface area contributed by atoms with Crippen LogP contribution in [0.3, 0.4) is 0 Å². The molecular weight excluding hydrogens is 410 g/mol. The van der Waals surface area contributed by atoms with E-state index in [0.29, 0.717) is 18.2 Å². The maximum atomic E-state index is 13.1. The number of thioether (sulfide) groups is 1. The van der Waals surface area contributed by atoms with Crippen molar-refractivity contribution in [2.75, 3.05) is 13.1 Å². The molecule has 1 aliphatic heterocycles. The number of piperidine rings is 1. The highest BCUT2D eigenvalue weighted by Crippen LogP contribution is 2.33. The number of aromatic nitrogens is 3. The molecule has 1 aromatic carbocycles. The minimum atomic E-state index is -0.358.